The molecule has 3 aromatic rings. The molecule has 142 valence electrons. The van der Waals surface area contributed by atoms with Gasteiger partial charge in [0.05, 0.1) is 18.5 Å². The van der Waals surface area contributed by atoms with Gasteiger partial charge in [-0.1, -0.05) is 12.1 Å². The minimum Gasteiger partial charge on any atom is -0.462 e. The summed E-state index contributed by atoms with van der Waals surface area (Å²) in [7, 11) is 3.28. The zero-order valence-electron chi connectivity index (χ0n) is 15.9. The topological polar surface area (TPSA) is 88.1 Å². The van der Waals surface area contributed by atoms with E-state index in [1.807, 2.05) is 26.0 Å². The third kappa shape index (κ3) is 3.30. The average Bonchev–Trinajstić information content (AvgIpc) is 3.03. The first-order valence-electron chi connectivity index (χ1n) is 8.67. The molecule has 2 heterocycles. The molecular weight excluding hydrogens is 348 g/mol. The Morgan fingerprint density at radius 2 is 1.93 bits per heavy atom. The van der Waals surface area contributed by atoms with Crippen LogP contribution in [0.4, 0.5) is 0 Å². The number of aromatic nitrogens is 4. The second kappa shape index (κ2) is 7.22. The van der Waals surface area contributed by atoms with Gasteiger partial charge in [0, 0.05) is 20.6 Å². The molecule has 0 saturated carbocycles. The van der Waals surface area contributed by atoms with Gasteiger partial charge in [0.2, 0.25) is 0 Å². The van der Waals surface area contributed by atoms with E-state index in [2.05, 4.69) is 4.98 Å². The Labute approximate surface area is 155 Å². The molecule has 1 aromatic carbocycles. The van der Waals surface area contributed by atoms with Crippen molar-refractivity contribution in [2.45, 2.75) is 26.8 Å². The predicted octanol–water partition coefficient (Wildman–Crippen LogP) is 1.30. The largest absolute Gasteiger partial charge is 0.462 e. The summed E-state index contributed by atoms with van der Waals surface area (Å²) < 4.78 is 9.40. The van der Waals surface area contributed by atoms with Crippen LogP contribution in [0.25, 0.3) is 11.2 Å². The van der Waals surface area contributed by atoms with E-state index in [0.717, 1.165) is 15.7 Å². The van der Waals surface area contributed by atoms with Crippen LogP contribution in [-0.4, -0.2) is 31.3 Å². The van der Waals surface area contributed by atoms with Crippen LogP contribution in [0.3, 0.4) is 0 Å². The number of esters is 1. The van der Waals surface area contributed by atoms with Crippen molar-refractivity contribution in [3.05, 3.63) is 62.1 Å². The summed E-state index contributed by atoms with van der Waals surface area (Å²) in [4.78, 5) is 41.3. The van der Waals surface area contributed by atoms with Crippen molar-refractivity contribution in [1.29, 1.82) is 0 Å². The van der Waals surface area contributed by atoms with Crippen LogP contribution in [-0.2, 0) is 25.4 Å². The van der Waals surface area contributed by atoms with Gasteiger partial charge in [-0.25, -0.2) is 14.6 Å². The average molecular weight is 370 g/mol. The highest BCUT2D eigenvalue weighted by molar-refractivity contribution is 5.91. The third-order valence-corrected chi connectivity index (χ3v) is 4.78. The number of hydrogen-bond donors (Lipinski definition) is 0. The Bertz CT molecular complexity index is 1140. The van der Waals surface area contributed by atoms with E-state index in [-0.39, 0.29) is 13.2 Å². The number of fused-ring (bicyclic) bond motifs is 1. The molecule has 0 amide bonds. The summed E-state index contributed by atoms with van der Waals surface area (Å²) in [6, 6.07) is 5.47. The van der Waals surface area contributed by atoms with Gasteiger partial charge < -0.3 is 9.30 Å². The van der Waals surface area contributed by atoms with Gasteiger partial charge in [-0.2, -0.15) is 0 Å². The van der Waals surface area contributed by atoms with Gasteiger partial charge in [0.15, 0.2) is 11.2 Å². The van der Waals surface area contributed by atoms with Crippen molar-refractivity contribution in [2.75, 3.05) is 6.61 Å². The van der Waals surface area contributed by atoms with E-state index in [0.29, 0.717) is 23.1 Å². The molecule has 0 saturated heterocycles. The monoisotopic (exact) mass is 370 g/mol. The summed E-state index contributed by atoms with van der Waals surface area (Å²) in [5, 5.41) is 0. The quantitative estimate of drug-likeness (QED) is 0.499. The van der Waals surface area contributed by atoms with Crippen LogP contribution in [0, 0.1) is 13.8 Å². The Kier molecular flexibility index (Phi) is 4.98. The molecule has 0 atom stereocenters. The SMILES string of the molecule is Cc1cccc(C(=O)OCCCn2c(=O)c3c(ncn3C)n(C)c2=O)c1C. The predicted molar refractivity (Wildman–Crippen MR) is 101 cm³/mol. The fraction of sp³-hybridized carbons (Fsp3) is 0.368. The van der Waals surface area contributed by atoms with Gasteiger partial charge in [0.25, 0.3) is 5.56 Å². The number of hydrogen-bond acceptors (Lipinski definition) is 5. The second-order valence-corrected chi connectivity index (χ2v) is 6.56. The molecule has 2 aromatic heterocycles. The van der Waals surface area contributed by atoms with E-state index in [1.54, 1.807) is 24.7 Å². The van der Waals surface area contributed by atoms with Crippen LogP contribution in [0.1, 0.15) is 27.9 Å². The number of rotatable bonds is 5. The highest BCUT2D eigenvalue weighted by Crippen LogP contribution is 2.13. The van der Waals surface area contributed by atoms with E-state index >= 15 is 0 Å². The van der Waals surface area contributed by atoms with Crippen molar-refractivity contribution < 1.29 is 9.53 Å². The highest BCUT2D eigenvalue weighted by Gasteiger charge is 2.15. The van der Waals surface area contributed by atoms with Crippen LogP contribution in [0.5, 0.6) is 0 Å². The van der Waals surface area contributed by atoms with E-state index in [4.69, 9.17) is 4.74 Å². The molecule has 0 N–H and O–H groups in total. The minimum atomic E-state index is -0.438. The van der Waals surface area contributed by atoms with Crippen molar-refractivity contribution >= 4 is 17.1 Å². The molecule has 0 radical (unpaired) electrons. The zero-order valence-corrected chi connectivity index (χ0v) is 15.9. The molecule has 0 spiro atoms. The summed E-state index contributed by atoms with van der Waals surface area (Å²) in [5.41, 5.74) is 2.31. The number of imidazole rings is 1. The maximum Gasteiger partial charge on any atom is 0.338 e. The first-order chi connectivity index (χ1) is 12.8. The Balaban J connectivity index is 1.72. The standard InChI is InChI=1S/C19H22N4O4/c1-12-7-5-8-14(13(12)2)18(25)27-10-6-9-23-17(24)15-16(20-11-21(15)3)22(4)19(23)26/h5,7-8,11H,6,9-10H2,1-4H3. The normalized spacial score (nSPS) is 11.1. The van der Waals surface area contributed by atoms with Gasteiger partial charge in [0.1, 0.15) is 0 Å². The summed E-state index contributed by atoms with van der Waals surface area (Å²) in [6.07, 6.45) is 1.86. The molecule has 0 bridgehead atoms. The van der Waals surface area contributed by atoms with Gasteiger partial charge >= 0.3 is 11.7 Å². The van der Waals surface area contributed by atoms with Crippen LogP contribution < -0.4 is 11.2 Å². The lowest BCUT2D eigenvalue weighted by molar-refractivity contribution is 0.0494. The lowest BCUT2D eigenvalue weighted by Crippen LogP contribution is -2.39. The molecule has 8 heteroatoms. The minimum absolute atomic E-state index is 0.116. The first kappa shape index (κ1) is 18.6. The Morgan fingerprint density at radius 1 is 1.19 bits per heavy atom. The molecule has 0 unspecified atom stereocenters. The number of carbonyl (C=O) groups excluding carboxylic acids is 1. The number of benzene rings is 1. The number of carbonyl (C=O) groups is 1. The molecule has 27 heavy (non-hydrogen) atoms. The highest BCUT2D eigenvalue weighted by atomic mass is 16.5. The maximum atomic E-state index is 12.6. The summed E-state index contributed by atoms with van der Waals surface area (Å²) in [5.74, 6) is -0.404. The molecule has 8 nitrogen and oxygen atoms in total. The summed E-state index contributed by atoms with van der Waals surface area (Å²) >= 11 is 0. The van der Waals surface area contributed by atoms with Gasteiger partial charge in [-0.3, -0.25) is 13.9 Å². The molecular formula is C19H22N4O4. The van der Waals surface area contributed by atoms with Gasteiger partial charge in [-0.15, -0.1) is 0 Å². The smallest absolute Gasteiger partial charge is 0.338 e. The molecule has 0 fully saturated rings. The maximum absolute atomic E-state index is 12.6. The number of ether oxygens (including phenoxy) is 1. The molecule has 3 rings (SSSR count). The molecule has 0 aliphatic carbocycles. The fourth-order valence-electron chi connectivity index (χ4n) is 3.03. The zero-order chi connectivity index (χ0) is 19.7. The van der Waals surface area contributed by atoms with Crippen LogP contribution in [0.15, 0.2) is 34.1 Å². The first-order valence-corrected chi connectivity index (χ1v) is 8.67. The van der Waals surface area contributed by atoms with Crippen LogP contribution >= 0.6 is 0 Å². The van der Waals surface area contributed by atoms with Crippen molar-refractivity contribution in [3.63, 3.8) is 0 Å². The Hall–Kier alpha value is -3.16. The Morgan fingerprint density at radius 3 is 2.67 bits per heavy atom. The molecule has 0 aliphatic heterocycles. The van der Waals surface area contributed by atoms with E-state index < -0.39 is 17.2 Å². The third-order valence-electron chi connectivity index (χ3n) is 4.78. The van der Waals surface area contributed by atoms with E-state index in [9.17, 15) is 14.4 Å². The summed E-state index contributed by atoms with van der Waals surface area (Å²) in [6.45, 7) is 4.08. The molecule has 0 aliphatic rings. The van der Waals surface area contributed by atoms with E-state index in [1.165, 1.54) is 10.9 Å². The van der Waals surface area contributed by atoms with Crippen molar-refractivity contribution in [2.24, 2.45) is 14.1 Å². The van der Waals surface area contributed by atoms with Crippen molar-refractivity contribution in [3.8, 4) is 0 Å². The van der Waals surface area contributed by atoms with Gasteiger partial charge in [-0.05, 0) is 37.5 Å². The number of nitrogens with zero attached hydrogens (tertiary/aromatic N) is 4. The fourth-order valence-corrected chi connectivity index (χ4v) is 3.03. The lowest BCUT2D eigenvalue weighted by atomic mass is 10.0. The second-order valence-electron chi connectivity index (χ2n) is 6.56. The van der Waals surface area contributed by atoms with Crippen LogP contribution in [0.2, 0.25) is 0 Å². The van der Waals surface area contributed by atoms with Crippen molar-refractivity contribution in [1.82, 2.24) is 18.7 Å². The number of aryl methyl sites for hydroxylation is 3. The lowest BCUT2D eigenvalue weighted by Gasteiger charge is -2.10.